The minimum atomic E-state index is -2.74. The van der Waals surface area contributed by atoms with Gasteiger partial charge in [-0.1, -0.05) is 0 Å². The summed E-state index contributed by atoms with van der Waals surface area (Å²) in [6, 6.07) is 7.67. The summed E-state index contributed by atoms with van der Waals surface area (Å²) in [5.74, 6) is -6.76. The minimum Gasteiger partial charge on any atom is -0.508 e. The highest BCUT2D eigenvalue weighted by Crippen LogP contribution is 2.53. The van der Waals surface area contributed by atoms with Crippen LogP contribution < -0.4 is 20.5 Å². The SMILES string of the molecule is COc1ccc(OC(=O)Nc2ccc(O)c3c2CC2CC4[C@H](N(C)C)C(=O)C(C(N)=O)=C(O)[C@@]4(O)C(=O)C2=C3O)cc1. The largest absolute Gasteiger partial charge is 0.508 e. The van der Waals surface area contributed by atoms with E-state index in [1.54, 1.807) is 12.1 Å². The van der Waals surface area contributed by atoms with Crippen LogP contribution in [0.15, 0.2) is 53.3 Å². The fraction of sp³-hybridized carbons (Fsp3) is 0.310. The van der Waals surface area contributed by atoms with Gasteiger partial charge in [-0.2, -0.15) is 0 Å². The van der Waals surface area contributed by atoms with Crippen LogP contribution in [0.25, 0.3) is 5.76 Å². The van der Waals surface area contributed by atoms with E-state index in [0.29, 0.717) is 5.75 Å². The number of aromatic hydroxyl groups is 1. The van der Waals surface area contributed by atoms with Crippen LogP contribution in [0.3, 0.4) is 0 Å². The van der Waals surface area contributed by atoms with Gasteiger partial charge in [-0.05, 0) is 74.8 Å². The van der Waals surface area contributed by atoms with E-state index in [0.717, 1.165) is 0 Å². The van der Waals surface area contributed by atoms with Crippen molar-refractivity contribution in [2.24, 2.45) is 17.6 Å². The molecule has 5 rings (SSSR count). The smallest absolute Gasteiger partial charge is 0.417 e. The number of Topliss-reactive ketones (excluding diaryl/α,β-unsaturated/α-hetero) is 2. The van der Waals surface area contributed by atoms with Gasteiger partial charge in [-0.3, -0.25) is 24.6 Å². The Hall–Kier alpha value is -4.88. The number of phenols is 1. The average Bonchev–Trinajstić information content (AvgIpc) is 2.92. The number of aliphatic hydroxyl groups is 3. The maximum Gasteiger partial charge on any atom is 0.417 e. The molecule has 0 radical (unpaired) electrons. The molecule has 4 atom stereocenters. The van der Waals surface area contributed by atoms with Gasteiger partial charge in [0, 0.05) is 17.2 Å². The summed E-state index contributed by atoms with van der Waals surface area (Å²) in [4.78, 5) is 53.3. The Morgan fingerprint density at radius 2 is 1.69 bits per heavy atom. The first-order valence-electron chi connectivity index (χ1n) is 12.9. The molecule has 0 heterocycles. The fourth-order valence-corrected chi connectivity index (χ4v) is 6.25. The van der Waals surface area contributed by atoms with Crippen LogP contribution >= 0.6 is 0 Å². The third kappa shape index (κ3) is 4.25. The van der Waals surface area contributed by atoms with Gasteiger partial charge in [0.15, 0.2) is 11.4 Å². The molecule has 2 aromatic carbocycles. The number of nitrogens with zero attached hydrogens (tertiary/aromatic N) is 1. The van der Waals surface area contributed by atoms with Crippen LogP contribution in [0.2, 0.25) is 0 Å². The molecule has 1 fully saturated rings. The Labute approximate surface area is 239 Å². The summed E-state index contributed by atoms with van der Waals surface area (Å²) < 4.78 is 10.4. The van der Waals surface area contributed by atoms with E-state index in [1.165, 1.54) is 50.4 Å². The van der Waals surface area contributed by atoms with Gasteiger partial charge in [0.1, 0.15) is 34.3 Å². The zero-order valence-corrected chi connectivity index (χ0v) is 22.9. The van der Waals surface area contributed by atoms with Crippen LogP contribution in [0, 0.1) is 11.8 Å². The van der Waals surface area contributed by atoms with Gasteiger partial charge < -0.3 is 35.6 Å². The van der Waals surface area contributed by atoms with Gasteiger partial charge in [0.05, 0.1) is 18.7 Å². The zero-order valence-electron chi connectivity index (χ0n) is 22.9. The zero-order chi connectivity index (χ0) is 30.7. The van der Waals surface area contributed by atoms with Crippen LogP contribution in [0.5, 0.6) is 17.2 Å². The number of rotatable bonds is 5. The second-order valence-corrected chi connectivity index (χ2v) is 10.6. The molecule has 220 valence electrons. The number of fused-ring (bicyclic) bond motifs is 3. The fourth-order valence-electron chi connectivity index (χ4n) is 6.25. The van der Waals surface area contributed by atoms with Crippen molar-refractivity contribution in [3.8, 4) is 17.2 Å². The summed E-state index contributed by atoms with van der Waals surface area (Å²) in [5.41, 5.74) is 1.72. The molecule has 3 aliphatic rings. The maximum atomic E-state index is 13.9. The summed E-state index contributed by atoms with van der Waals surface area (Å²) >= 11 is 0. The number of hydrogen-bond donors (Lipinski definition) is 6. The lowest BCUT2D eigenvalue weighted by atomic mass is 9.57. The lowest BCUT2D eigenvalue weighted by Gasteiger charge is -2.50. The number of likely N-dealkylation sites (N-methyl/N-ethyl adjacent to an activating group) is 1. The predicted octanol–water partition coefficient (Wildman–Crippen LogP) is 1.58. The highest BCUT2D eigenvalue weighted by molar-refractivity contribution is 6.24. The third-order valence-corrected chi connectivity index (χ3v) is 8.11. The van der Waals surface area contributed by atoms with Gasteiger partial charge in [0.25, 0.3) is 5.91 Å². The van der Waals surface area contributed by atoms with Gasteiger partial charge in [-0.15, -0.1) is 0 Å². The molecule has 42 heavy (non-hydrogen) atoms. The maximum absolute atomic E-state index is 13.9. The van der Waals surface area contributed by atoms with Crippen molar-refractivity contribution in [1.82, 2.24) is 4.90 Å². The number of nitrogens with one attached hydrogen (secondary N) is 1. The number of methoxy groups -OCH3 is 1. The first-order valence-corrected chi connectivity index (χ1v) is 12.9. The number of ketones is 2. The molecule has 7 N–H and O–H groups in total. The number of carbonyl (C=O) groups is 4. The molecule has 0 aromatic heterocycles. The molecule has 3 aliphatic carbocycles. The summed E-state index contributed by atoms with van der Waals surface area (Å²) in [6.07, 6.45) is -0.950. The van der Waals surface area contributed by atoms with Crippen molar-refractivity contribution in [3.05, 3.63) is 64.4 Å². The Morgan fingerprint density at radius 3 is 2.29 bits per heavy atom. The Bertz CT molecular complexity index is 1590. The molecule has 2 aromatic rings. The number of anilines is 1. The number of amides is 2. The number of hydrogen-bond acceptors (Lipinski definition) is 11. The number of benzene rings is 2. The minimum absolute atomic E-state index is 0.00108. The van der Waals surface area contributed by atoms with Crippen molar-refractivity contribution in [2.75, 3.05) is 26.5 Å². The van der Waals surface area contributed by atoms with E-state index in [9.17, 15) is 39.6 Å². The standard InChI is InChI=1S/C29H29N3O10/c1-32(2)22-16-11-12-10-15-17(31-28(39)42-14-6-4-13(41-3)5-7-14)8-9-18(33)20(15)23(34)19(12)25(36)29(16,40)26(37)21(24(22)35)27(30)38/h4-9,12,16,22,33-34,37,40H,10-11H2,1-3H3,(H2,30,38)(H,31,39)/t12?,16?,22-,29-/m0/s1. The quantitative estimate of drug-likeness (QED) is 0.221. The van der Waals surface area contributed by atoms with Crippen LogP contribution in [-0.2, 0) is 20.8 Å². The topological polar surface area (TPSA) is 209 Å². The van der Waals surface area contributed by atoms with E-state index in [1.807, 2.05) is 0 Å². The van der Waals surface area contributed by atoms with Crippen molar-refractivity contribution < 1.29 is 49.1 Å². The average molecular weight is 580 g/mol. The lowest BCUT2D eigenvalue weighted by Crippen LogP contribution is -2.65. The molecule has 2 unspecified atom stereocenters. The van der Waals surface area contributed by atoms with E-state index in [-0.39, 0.29) is 41.0 Å². The van der Waals surface area contributed by atoms with E-state index in [2.05, 4.69) is 5.32 Å². The Balaban J connectivity index is 1.56. The van der Waals surface area contributed by atoms with Crippen LogP contribution in [-0.4, -0.2) is 81.7 Å². The highest BCUT2D eigenvalue weighted by Gasteiger charge is 2.64. The number of aliphatic hydroxyl groups excluding tert-OH is 2. The molecule has 1 saturated carbocycles. The second-order valence-electron chi connectivity index (χ2n) is 10.6. The summed E-state index contributed by atoms with van der Waals surface area (Å²) in [5, 5.41) is 47.1. The predicted molar refractivity (Wildman–Crippen MR) is 147 cm³/mol. The molecular formula is C29H29N3O10. The van der Waals surface area contributed by atoms with Crippen LogP contribution in [0.1, 0.15) is 17.5 Å². The molecule has 13 heteroatoms. The van der Waals surface area contributed by atoms with Crippen molar-refractivity contribution >= 4 is 35.0 Å². The van der Waals surface area contributed by atoms with E-state index < -0.39 is 69.9 Å². The molecular weight excluding hydrogens is 550 g/mol. The number of primary amides is 1. The van der Waals surface area contributed by atoms with Crippen LogP contribution in [0.4, 0.5) is 10.5 Å². The first kappa shape index (κ1) is 28.6. The van der Waals surface area contributed by atoms with Crippen molar-refractivity contribution in [1.29, 1.82) is 0 Å². The van der Waals surface area contributed by atoms with E-state index >= 15 is 0 Å². The molecule has 2 amide bonds. The number of nitrogens with two attached hydrogens (primary N) is 1. The van der Waals surface area contributed by atoms with E-state index in [4.69, 9.17) is 15.2 Å². The monoisotopic (exact) mass is 579 g/mol. The molecule has 0 bridgehead atoms. The molecule has 0 spiro atoms. The normalized spacial score (nSPS) is 25.0. The molecule has 13 nitrogen and oxygen atoms in total. The molecule has 0 aliphatic heterocycles. The summed E-state index contributed by atoms with van der Waals surface area (Å²) in [6.45, 7) is 0. The number of phenolic OH excluding ortho intramolecular Hbond substituents is 1. The van der Waals surface area contributed by atoms with Gasteiger partial charge in [-0.25, -0.2) is 4.79 Å². The highest BCUT2D eigenvalue weighted by atomic mass is 16.6. The lowest BCUT2D eigenvalue weighted by molar-refractivity contribution is -0.153. The Kier molecular flexibility index (Phi) is 6.95. The second kappa shape index (κ2) is 10.2. The Morgan fingerprint density at radius 1 is 1.05 bits per heavy atom. The van der Waals surface area contributed by atoms with Gasteiger partial charge >= 0.3 is 6.09 Å². The van der Waals surface area contributed by atoms with Gasteiger partial charge in [0.2, 0.25) is 5.78 Å². The molecule has 0 saturated heterocycles. The first-order chi connectivity index (χ1) is 19.8. The third-order valence-electron chi connectivity index (χ3n) is 8.11. The number of carbonyl (C=O) groups excluding carboxylic acids is 4. The number of ether oxygens (including phenoxy) is 2. The summed E-state index contributed by atoms with van der Waals surface area (Å²) in [7, 11) is 4.53. The van der Waals surface area contributed by atoms with Crippen molar-refractivity contribution in [2.45, 2.75) is 24.5 Å². The van der Waals surface area contributed by atoms with Crippen molar-refractivity contribution in [3.63, 3.8) is 0 Å².